The summed E-state index contributed by atoms with van der Waals surface area (Å²) in [7, 11) is 0. The van der Waals surface area contributed by atoms with Crippen LogP contribution in [-0.2, 0) is 13.0 Å². The minimum atomic E-state index is 0.126. The molecular weight excluding hydrogens is 310 g/mol. The summed E-state index contributed by atoms with van der Waals surface area (Å²) in [6, 6.07) is 4.25. The van der Waals surface area contributed by atoms with E-state index in [0.29, 0.717) is 30.2 Å². The molecule has 0 aromatic heterocycles. The Bertz CT molecular complexity index is 683. The van der Waals surface area contributed by atoms with Gasteiger partial charge in [-0.3, -0.25) is 0 Å². The van der Waals surface area contributed by atoms with Crippen LogP contribution in [-0.4, -0.2) is 23.4 Å². The van der Waals surface area contributed by atoms with Crippen molar-refractivity contribution in [1.82, 2.24) is 5.32 Å². The van der Waals surface area contributed by atoms with Crippen molar-refractivity contribution in [2.24, 2.45) is 17.3 Å². The molecule has 0 radical (unpaired) electrons. The van der Waals surface area contributed by atoms with Gasteiger partial charge in [0, 0.05) is 18.7 Å². The maximum atomic E-state index is 10.4. The minimum Gasteiger partial charge on any atom is -0.508 e. The number of rotatable bonds is 4. The van der Waals surface area contributed by atoms with E-state index in [-0.39, 0.29) is 6.61 Å². The van der Waals surface area contributed by atoms with Gasteiger partial charge in [0.05, 0.1) is 6.61 Å². The molecule has 0 amide bonds. The van der Waals surface area contributed by atoms with Crippen LogP contribution >= 0.6 is 0 Å². The van der Waals surface area contributed by atoms with Gasteiger partial charge in [0.15, 0.2) is 0 Å². The number of fused-ring (bicyclic) bond motifs is 5. The van der Waals surface area contributed by atoms with Gasteiger partial charge in [0.2, 0.25) is 0 Å². The molecule has 3 aliphatic carbocycles. The Labute approximate surface area is 151 Å². The highest BCUT2D eigenvalue weighted by Crippen LogP contribution is 2.62. The largest absolute Gasteiger partial charge is 0.508 e. The molecular formula is C22H31NO2. The summed E-state index contributed by atoms with van der Waals surface area (Å²) in [6.07, 6.45) is 7.38. The lowest BCUT2D eigenvalue weighted by Crippen LogP contribution is -2.40. The van der Waals surface area contributed by atoms with Crippen molar-refractivity contribution in [3.63, 3.8) is 0 Å². The van der Waals surface area contributed by atoms with Crippen LogP contribution in [0, 0.1) is 17.3 Å². The van der Waals surface area contributed by atoms with Gasteiger partial charge in [-0.15, -0.1) is 0 Å². The molecule has 2 fully saturated rings. The Balaban J connectivity index is 1.63. The molecule has 3 aliphatic rings. The lowest BCUT2D eigenvalue weighted by molar-refractivity contribution is 0.0816. The first-order valence-electron chi connectivity index (χ1n) is 9.89. The van der Waals surface area contributed by atoms with Crippen molar-refractivity contribution in [3.05, 3.63) is 41.0 Å². The van der Waals surface area contributed by atoms with E-state index < -0.39 is 0 Å². The first-order valence-corrected chi connectivity index (χ1v) is 9.89. The summed E-state index contributed by atoms with van der Waals surface area (Å²) in [5.74, 6) is 2.60. The fourth-order valence-electron chi connectivity index (χ4n) is 6.01. The standard InChI is InChI=1S/C22H31NO2/c1-14-3-6-20-18-5-4-15-12-21(25)16(13-23-9-10-24)11-19(15)17(18)7-8-22(14,20)2/h11-12,17-18,20,23-25H,1,3-10,13H2,2H3/t17?,18?,20?,22-/m1/s1. The van der Waals surface area contributed by atoms with Gasteiger partial charge in [-0.05, 0) is 78.9 Å². The molecule has 25 heavy (non-hydrogen) atoms. The predicted molar refractivity (Wildman–Crippen MR) is 101 cm³/mol. The molecule has 4 atom stereocenters. The molecule has 2 saturated carbocycles. The quantitative estimate of drug-likeness (QED) is 0.575. The number of aromatic hydroxyl groups is 1. The fraction of sp³-hybridized carbons (Fsp3) is 0.636. The number of phenols is 1. The third kappa shape index (κ3) is 2.72. The highest BCUT2D eigenvalue weighted by atomic mass is 16.3. The Morgan fingerprint density at radius 3 is 2.88 bits per heavy atom. The van der Waals surface area contributed by atoms with Crippen molar-refractivity contribution < 1.29 is 10.2 Å². The van der Waals surface area contributed by atoms with Gasteiger partial charge in [-0.1, -0.05) is 25.1 Å². The molecule has 3 unspecified atom stereocenters. The lowest BCUT2D eigenvalue weighted by Gasteiger charge is -2.49. The zero-order chi connectivity index (χ0) is 17.6. The Kier molecular flexibility index (Phi) is 4.41. The third-order valence-electron chi connectivity index (χ3n) is 7.48. The molecule has 3 N–H and O–H groups in total. The van der Waals surface area contributed by atoms with Gasteiger partial charge in [0.25, 0.3) is 0 Å². The van der Waals surface area contributed by atoms with Crippen LogP contribution < -0.4 is 5.32 Å². The molecule has 0 heterocycles. The van der Waals surface area contributed by atoms with E-state index in [1.807, 2.05) is 6.07 Å². The van der Waals surface area contributed by atoms with Crippen LogP contribution in [0.4, 0.5) is 0 Å². The van der Waals surface area contributed by atoms with Crippen LogP contribution in [0.2, 0.25) is 0 Å². The molecule has 0 spiro atoms. The second-order valence-electron chi connectivity index (χ2n) is 8.59. The summed E-state index contributed by atoms with van der Waals surface area (Å²) < 4.78 is 0. The Morgan fingerprint density at radius 2 is 2.08 bits per heavy atom. The number of allylic oxidation sites excluding steroid dienone is 1. The highest BCUT2D eigenvalue weighted by Gasteiger charge is 2.51. The molecule has 1 aromatic rings. The zero-order valence-corrected chi connectivity index (χ0v) is 15.4. The maximum Gasteiger partial charge on any atom is 0.120 e. The molecule has 3 nitrogen and oxygen atoms in total. The van der Waals surface area contributed by atoms with Gasteiger partial charge >= 0.3 is 0 Å². The predicted octanol–water partition coefficient (Wildman–Crippen LogP) is 3.89. The van der Waals surface area contributed by atoms with E-state index in [1.165, 1.54) is 48.8 Å². The average molecular weight is 341 g/mol. The first kappa shape index (κ1) is 17.1. The van der Waals surface area contributed by atoms with Crippen LogP contribution in [0.15, 0.2) is 24.3 Å². The van der Waals surface area contributed by atoms with Crippen molar-refractivity contribution in [1.29, 1.82) is 0 Å². The van der Waals surface area contributed by atoms with E-state index in [9.17, 15) is 5.11 Å². The van der Waals surface area contributed by atoms with Crippen molar-refractivity contribution in [2.75, 3.05) is 13.2 Å². The average Bonchev–Trinajstić information content (AvgIpc) is 2.91. The van der Waals surface area contributed by atoms with E-state index in [0.717, 1.165) is 23.8 Å². The number of benzene rings is 1. The number of phenolic OH excluding ortho intramolecular Hbond substituents is 1. The van der Waals surface area contributed by atoms with Crippen LogP contribution in [0.3, 0.4) is 0 Å². The Hall–Kier alpha value is -1.32. The third-order valence-corrected chi connectivity index (χ3v) is 7.48. The Morgan fingerprint density at radius 1 is 1.24 bits per heavy atom. The van der Waals surface area contributed by atoms with E-state index in [4.69, 9.17) is 5.11 Å². The van der Waals surface area contributed by atoms with Crippen molar-refractivity contribution in [3.8, 4) is 5.75 Å². The molecule has 136 valence electrons. The molecule has 0 aliphatic heterocycles. The van der Waals surface area contributed by atoms with Crippen molar-refractivity contribution >= 4 is 0 Å². The van der Waals surface area contributed by atoms with E-state index in [1.54, 1.807) is 0 Å². The highest BCUT2D eigenvalue weighted by molar-refractivity contribution is 5.46. The molecule has 4 rings (SSSR count). The first-order chi connectivity index (χ1) is 12.0. The monoisotopic (exact) mass is 341 g/mol. The molecule has 3 heteroatoms. The summed E-state index contributed by atoms with van der Waals surface area (Å²) in [5, 5.41) is 22.5. The fourth-order valence-corrected chi connectivity index (χ4v) is 6.01. The van der Waals surface area contributed by atoms with Gasteiger partial charge in [-0.25, -0.2) is 0 Å². The maximum absolute atomic E-state index is 10.4. The van der Waals surface area contributed by atoms with E-state index in [2.05, 4.69) is 24.9 Å². The lowest BCUT2D eigenvalue weighted by atomic mass is 9.55. The van der Waals surface area contributed by atoms with Gasteiger partial charge in [-0.2, -0.15) is 0 Å². The normalized spacial score (nSPS) is 33.7. The summed E-state index contributed by atoms with van der Waals surface area (Å²) >= 11 is 0. The van der Waals surface area contributed by atoms with Crippen LogP contribution in [0.5, 0.6) is 5.75 Å². The minimum absolute atomic E-state index is 0.126. The number of hydrogen-bond donors (Lipinski definition) is 3. The molecule has 0 saturated heterocycles. The summed E-state index contributed by atoms with van der Waals surface area (Å²) in [4.78, 5) is 0. The number of hydrogen-bond acceptors (Lipinski definition) is 3. The SMILES string of the molecule is C=C1CCC2C3CCc4cc(O)c(CNCCO)cc4C3CC[C@]12C. The second-order valence-corrected chi connectivity index (χ2v) is 8.59. The number of aliphatic hydroxyl groups excluding tert-OH is 1. The van der Waals surface area contributed by atoms with Gasteiger partial charge < -0.3 is 15.5 Å². The summed E-state index contributed by atoms with van der Waals surface area (Å²) in [5.41, 5.74) is 5.65. The number of aryl methyl sites for hydroxylation is 1. The number of nitrogens with one attached hydrogen (secondary N) is 1. The molecule has 1 aromatic carbocycles. The van der Waals surface area contributed by atoms with Crippen LogP contribution in [0.1, 0.15) is 61.6 Å². The zero-order valence-electron chi connectivity index (χ0n) is 15.4. The summed E-state index contributed by atoms with van der Waals surface area (Å²) in [6.45, 7) is 8.16. The number of aliphatic hydroxyl groups is 1. The molecule has 0 bridgehead atoms. The van der Waals surface area contributed by atoms with Gasteiger partial charge in [0.1, 0.15) is 5.75 Å². The second kappa shape index (κ2) is 6.44. The van der Waals surface area contributed by atoms with E-state index >= 15 is 0 Å². The smallest absolute Gasteiger partial charge is 0.120 e. The topological polar surface area (TPSA) is 52.5 Å². The van der Waals surface area contributed by atoms with Crippen LogP contribution in [0.25, 0.3) is 0 Å². The van der Waals surface area contributed by atoms with Crippen molar-refractivity contribution in [2.45, 2.75) is 57.9 Å².